The molecule has 0 heterocycles. The van der Waals surface area contributed by atoms with Crippen molar-refractivity contribution in [1.29, 1.82) is 0 Å². The van der Waals surface area contributed by atoms with Crippen molar-refractivity contribution in [2.75, 3.05) is 0 Å². The van der Waals surface area contributed by atoms with Crippen molar-refractivity contribution in [3.05, 3.63) is 89.5 Å². The first-order chi connectivity index (χ1) is 14.6. The Kier molecular flexibility index (Phi) is 3.55. The van der Waals surface area contributed by atoms with Gasteiger partial charge in [0.25, 0.3) is 0 Å². The van der Waals surface area contributed by atoms with Crippen LogP contribution in [0.3, 0.4) is 0 Å². The number of carbonyl (C=O) groups is 1. The molecule has 0 aromatic heterocycles. The van der Waals surface area contributed by atoms with E-state index in [4.69, 9.17) is 4.74 Å². The maximum Gasteiger partial charge on any atom is 0.339 e. The smallest absolute Gasteiger partial charge is 0.339 e. The molecular formula is C27H22O3. The highest BCUT2D eigenvalue weighted by atomic mass is 16.6. The third kappa shape index (κ3) is 2.35. The SMILES string of the molecule is CC1CC2(OC(=O)c3ccc4ccccc4c3)CC1c1c2cc2ccccc2c1O. The summed E-state index contributed by atoms with van der Waals surface area (Å²) in [6.45, 7) is 2.19. The van der Waals surface area contributed by atoms with Crippen molar-refractivity contribution in [1.82, 2.24) is 0 Å². The molecule has 3 unspecified atom stereocenters. The minimum Gasteiger partial charge on any atom is -0.507 e. The van der Waals surface area contributed by atoms with E-state index < -0.39 is 5.60 Å². The van der Waals surface area contributed by atoms with E-state index >= 15 is 0 Å². The average Bonchev–Trinajstić information content (AvgIpc) is 3.25. The van der Waals surface area contributed by atoms with Gasteiger partial charge in [-0.15, -0.1) is 0 Å². The second-order valence-electron chi connectivity index (χ2n) is 8.85. The van der Waals surface area contributed by atoms with Crippen LogP contribution in [0.25, 0.3) is 21.5 Å². The highest BCUT2D eigenvalue weighted by molar-refractivity contribution is 5.96. The molecule has 1 fully saturated rings. The molecule has 2 aliphatic carbocycles. The van der Waals surface area contributed by atoms with E-state index in [9.17, 15) is 9.90 Å². The Hall–Kier alpha value is -3.33. The Bertz CT molecular complexity index is 1340. The van der Waals surface area contributed by atoms with E-state index in [2.05, 4.69) is 13.0 Å². The number of phenols is 1. The van der Waals surface area contributed by atoms with Crippen molar-refractivity contribution >= 4 is 27.5 Å². The van der Waals surface area contributed by atoms with Gasteiger partial charge in [0.2, 0.25) is 0 Å². The number of hydrogen-bond donors (Lipinski definition) is 1. The second kappa shape index (κ2) is 6.09. The lowest BCUT2D eigenvalue weighted by molar-refractivity contribution is -0.0179. The van der Waals surface area contributed by atoms with Crippen LogP contribution < -0.4 is 0 Å². The molecule has 4 aromatic carbocycles. The summed E-state index contributed by atoms with van der Waals surface area (Å²) in [4.78, 5) is 13.2. The van der Waals surface area contributed by atoms with Gasteiger partial charge in [0, 0.05) is 16.5 Å². The quantitative estimate of drug-likeness (QED) is 0.407. The molecule has 4 aromatic rings. The minimum atomic E-state index is -0.663. The lowest BCUT2D eigenvalue weighted by Crippen LogP contribution is -2.30. The van der Waals surface area contributed by atoms with Crippen LogP contribution in [0.2, 0.25) is 0 Å². The Morgan fingerprint density at radius 3 is 2.50 bits per heavy atom. The highest BCUT2D eigenvalue weighted by Gasteiger charge is 2.56. The standard InChI is InChI=1S/C27H22O3/c1-16-14-27(30-26(29)20-11-10-17-6-2-3-7-18(17)12-20)15-22(16)24-23(27)13-19-8-4-5-9-21(19)25(24)28/h2-13,16,22,28H,14-15H2,1H3. The molecular weight excluding hydrogens is 372 g/mol. The zero-order valence-corrected chi connectivity index (χ0v) is 16.8. The summed E-state index contributed by atoms with van der Waals surface area (Å²) in [5.74, 6) is 0.625. The van der Waals surface area contributed by atoms with Gasteiger partial charge in [0.1, 0.15) is 11.4 Å². The number of esters is 1. The number of ether oxygens (including phenoxy) is 1. The van der Waals surface area contributed by atoms with Crippen molar-refractivity contribution < 1.29 is 14.6 Å². The molecule has 148 valence electrons. The summed E-state index contributed by atoms with van der Waals surface area (Å²) in [7, 11) is 0. The molecule has 1 saturated carbocycles. The Morgan fingerprint density at radius 1 is 0.933 bits per heavy atom. The zero-order chi connectivity index (χ0) is 20.5. The molecule has 1 N–H and O–H groups in total. The van der Waals surface area contributed by atoms with E-state index in [1.54, 1.807) is 0 Å². The first kappa shape index (κ1) is 17.5. The first-order valence-electron chi connectivity index (χ1n) is 10.5. The highest BCUT2D eigenvalue weighted by Crippen LogP contribution is 2.63. The molecule has 3 atom stereocenters. The van der Waals surface area contributed by atoms with Crippen LogP contribution in [-0.2, 0) is 10.3 Å². The van der Waals surface area contributed by atoms with E-state index in [1.165, 1.54) is 0 Å². The normalized spacial score (nSPS) is 24.3. The molecule has 2 aliphatic rings. The lowest BCUT2D eigenvalue weighted by atomic mass is 9.81. The minimum absolute atomic E-state index is 0.217. The maximum absolute atomic E-state index is 13.2. The van der Waals surface area contributed by atoms with Crippen molar-refractivity contribution in [3.63, 3.8) is 0 Å². The summed E-state index contributed by atoms with van der Waals surface area (Å²) < 4.78 is 6.28. The fourth-order valence-corrected chi connectivity index (χ4v) is 5.70. The third-order valence-corrected chi connectivity index (χ3v) is 7.08. The molecule has 3 nitrogen and oxygen atoms in total. The van der Waals surface area contributed by atoms with E-state index in [0.29, 0.717) is 17.2 Å². The zero-order valence-electron chi connectivity index (χ0n) is 16.8. The summed E-state index contributed by atoms with van der Waals surface area (Å²) in [6, 6.07) is 23.7. The first-order valence-corrected chi connectivity index (χ1v) is 10.5. The van der Waals surface area contributed by atoms with E-state index in [1.807, 2.05) is 66.7 Å². The average molecular weight is 394 g/mol. The molecule has 6 rings (SSSR count). The topological polar surface area (TPSA) is 46.5 Å². The maximum atomic E-state index is 13.2. The Labute approximate surface area is 174 Å². The number of phenolic OH excluding ortho intramolecular Hbond substituents is 1. The molecule has 0 spiro atoms. The third-order valence-electron chi connectivity index (χ3n) is 7.08. The van der Waals surface area contributed by atoms with Crippen molar-refractivity contribution in [3.8, 4) is 5.75 Å². The van der Waals surface area contributed by atoms with Gasteiger partial charge in [0.05, 0.1) is 5.56 Å². The Balaban J connectivity index is 1.44. The fourth-order valence-electron chi connectivity index (χ4n) is 5.70. The predicted octanol–water partition coefficient (Wildman–Crippen LogP) is 6.28. The van der Waals surface area contributed by atoms with Gasteiger partial charge in [-0.2, -0.15) is 0 Å². The molecule has 0 saturated heterocycles. The van der Waals surface area contributed by atoms with Gasteiger partial charge < -0.3 is 9.84 Å². The predicted molar refractivity (Wildman–Crippen MR) is 118 cm³/mol. The van der Waals surface area contributed by atoms with Crippen molar-refractivity contribution in [2.45, 2.75) is 31.3 Å². The lowest BCUT2D eigenvalue weighted by Gasteiger charge is -2.32. The summed E-state index contributed by atoms with van der Waals surface area (Å²) >= 11 is 0. The van der Waals surface area contributed by atoms with Gasteiger partial charge in [-0.3, -0.25) is 0 Å². The van der Waals surface area contributed by atoms with Crippen LogP contribution >= 0.6 is 0 Å². The van der Waals surface area contributed by atoms with E-state index in [-0.39, 0.29) is 11.9 Å². The molecule has 3 heteroatoms. The van der Waals surface area contributed by atoms with Crippen LogP contribution in [0.5, 0.6) is 5.75 Å². The van der Waals surface area contributed by atoms with Crippen molar-refractivity contribution in [2.24, 2.45) is 5.92 Å². The van der Waals surface area contributed by atoms with Gasteiger partial charge in [-0.25, -0.2) is 4.79 Å². The molecule has 2 bridgehead atoms. The summed E-state index contributed by atoms with van der Waals surface area (Å²) in [5, 5.41) is 15.0. The van der Waals surface area contributed by atoms with Gasteiger partial charge in [-0.05, 0) is 59.0 Å². The second-order valence-corrected chi connectivity index (χ2v) is 8.85. The Morgan fingerprint density at radius 2 is 1.67 bits per heavy atom. The van der Waals surface area contributed by atoms with Gasteiger partial charge >= 0.3 is 5.97 Å². The molecule has 30 heavy (non-hydrogen) atoms. The largest absolute Gasteiger partial charge is 0.507 e. The monoisotopic (exact) mass is 394 g/mol. The summed E-state index contributed by atoms with van der Waals surface area (Å²) in [6.07, 6.45) is 1.54. The molecule has 0 aliphatic heterocycles. The number of benzene rings is 4. The van der Waals surface area contributed by atoms with Crippen LogP contribution in [0.1, 0.15) is 47.2 Å². The number of carbonyl (C=O) groups excluding carboxylic acids is 1. The number of aromatic hydroxyl groups is 1. The number of fused-ring (bicyclic) bond motifs is 7. The van der Waals surface area contributed by atoms with Crippen LogP contribution in [0.4, 0.5) is 0 Å². The number of rotatable bonds is 2. The molecule has 0 amide bonds. The summed E-state index contributed by atoms with van der Waals surface area (Å²) in [5.41, 5.74) is 1.86. The van der Waals surface area contributed by atoms with Crippen LogP contribution in [-0.4, -0.2) is 11.1 Å². The fraction of sp³-hybridized carbons (Fsp3) is 0.222. The molecule has 0 radical (unpaired) electrons. The van der Waals surface area contributed by atoms with Gasteiger partial charge in [-0.1, -0.05) is 61.5 Å². The van der Waals surface area contributed by atoms with E-state index in [0.717, 1.165) is 45.5 Å². The number of hydrogen-bond acceptors (Lipinski definition) is 3. The van der Waals surface area contributed by atoms with Gasteiger partial charge in [0.15, 0.2) is 0 Å². The van der Waals surface area contributed by atoms with Crippen LogP contribution in [0.15, 0.2) is 72.8 Å². The van der Waals surface area contributed by atoms with Crippen LogP contribution in [0, 0.1) is 5.92 Å².